The van der Waals surface area contributed by atoms with E-state index < -0.39 is 0 Å². The number of carbonyl (C=O) groups excluding carboxylic acids is 1. The zero-order chi connectivity index (χ0) is 9.40. The zero-order valence-corrected chi connectivity index (χ0v) is 8.22. The van der Waals surface area contributed by atoms with Crippen LogP contribution in [0.3, 0.4) is 0 Å². The molecule has 0 aromatic heterocycles. The first-order valence-electron chi connectivity index (χ1n) is 4.67. The van der Waals surface area contributed by atoms with Gasteiger partial charge < -0.3 is 10.1 Å². The summed E-state index contributed by atoms with van der Waals surface area (Å²) in [6.45, 7) is 7.95. The molecule has 0 spiro atoms. The van der Waals surface area contributed by atoms with Gasteiger partial charge in [-0.05, 0) is 0 Å². The van der Waals surface area contributed by atoms with Gasteiger partial charge >= 0.3 is 0 Å². The van der Waals surface area contributed by atoms with Crippen molar-refractivity contribution in [2.45, 2.75) is 33.3 Å². The minimum absolute atomic E-state index is 0.187. The van der Waals surface area contributed by atoms with Crippen molar-refractivity contribution in [1.29, 1.82) is 0 Å². The van der Waals surface area contributed by atoms with Gasteiger partial charge in [-0.3, -0.25) is 4.79 Å². The van der Waals surface area contributed by atoms with Crippen LogP contribution in [0.25, 0.3) is 0 Å². The van der Waals surface area contributed by atoms with Crippen LogP contribution in [0.15, 0.2) is 0 Å². The third-order valence-electron chi connectivity index (χ3n) is 1.62. The highest BCUT2D eigenvalue weighted by Crippen LogP contribution is 1.97. The Morgan fingerprint density at radius 3 is 2.42 bits per heavy atom. The van der Waals surface area contributed by atoms with Crippen LogP contribution in [0.1, 0.15) is 27.2 Å². The van der Waals surface area contributed by atoms with Gasteiger partial charge in [-0.1, -0.05) is 20.8 Å². The van der Waals surface area contributed by atoms with Gasteiger partial charge in [-0.2, -0.15) is 0 Å². The molecule has 1 aliphatic rings. The Hall–Kier alpha value is -0.410. The van der Waals surface area contributed by atoms with E-state index in [9.17, 15) is 4.79 Å². The Kier molecular flexibility index (Phi) is 7.00. The lowest BCUT2D eigenvalue weighted by Gasteiger charge is -2.26. The predicted octanol–water partition coefficient (Wildman–Crippen LogP) is 0.980. The minimum atomic E-state index is 0.187. The fourth-order valence-electron chi connectivity index (χ4n) is 0.693. The van der Waals surface area contributed by atoms with Gasteiger partial charge in [0.1, 0.15) is 6.61 Å². The second-order valence-electron chi connectivity index (χ2n) is 2.48. The smallest absolute Gasteiger partial charge is 0.158 e. The van der Waals surface area contributed by atoms with E-state index in [0.29, 0.717) is 13.0 Å². The van der Waals surface area contributed by atoms with Crippen LogP contribution < -0.4 is 5.32 Å². The Bertz CT molecular complexity index is 122. The first kappa shape index (κ1) is 11.6. The normalized spacial score (nSPS) is 15.9. The number of Topliss-reactive ketones (excluding diaryl/α,β-unsaturated/α-hetero) is 1. The van der Waals surface area contributed by atoms with Gasteiger partial charge in [0.25, 0.3) is 0 Å². The molecule has 1 heterocycles. The topological polar surface area (TPSA) is 38.3 Å². The summed E-state index contributed by atoms with van der Waals surface area (Å²) >= 11 is 0. The Labute approximate surface area is 74.5 Å². The van der Waals surface area contributed by atoms with Crippen LogP contribution in [0.5, 0.6) is 0 Å². The summed E-state index contributed by atoms with van der Waals surface area (Å²) in [6.07, 6.45) is 0.871. The van der Waals surface area contributed by atoms with E-state index in [4.69, 9.17) is 4.74 Å². The van der Waals surface area contributed by atoms with Gasteiger partial charge in [-0.15, -0.1) is 0 Å². The molecular formula is C9H19NO2. The van der Waals surface area contributed by atoms with Crippen molar-refractivity contribution in [2.75, 3.05) is 19.7 Å². The molecule has 0 aromatic rings. The van der Waals surface area contributed by atoms with Crippen LogP contribution in [0.2, 0.25) is 0 Å². The first-order chi connectivity index (χ1) is 5.83. The molecule has 1 aliphatic heterocycles. The molecule has 1 N–H and O–H groups in total. The Balaban J connectivity index is 0.000000561. The van der Waals surface area contributed by atoms with E-state index in [1.165, 1.54) is 0 Å². The molecule has 0 atom stereocenters. The number of ether oxygens (including phenoxy) is 1. The average molecular weight is 173 g/mol. The number of hydrogen-bond donors (Lipinski definition) is 1. The lowest BCUT2D eigenvalue weighted by molar-refractivity contribution is -0.126. The van der Waals surface area contributed by atoms with Gasteiger partial charge in [0.2, 0.25) is 0 Å². The molecule has 0 saturated carbocycles. The van der Waals surface area contributed by atoms with Crippen LogP contribution in [0.4, 0.5) is 0 Å². The second kappa shape index (κ2) is 7.25. The van der Waals surface area contributed by atoms with Gasteiger partial charge in [0.05, 0.1) is 6.10 Å². The molecule has 0 unspecified atom stereocenters. The maximum atomic E-state index is 10.7. The highest BCUT2D eigenvalue weighted by Gasteiger charge is 2.17. The Morgan fingerprint density at radius 2 is 2.08 bits per heavy atom. The zero-order valence-electron chi connectivity index (χ0n) is 8.22. The minimum Gasteiger partial charge on any atom is -0.368 e. The lowest BCUT2D eigenvalue weighted by Crippen LogP contribution is -2.49. The summed E-state index contributed by atoms with van der Waals surface area (Å²) in [7, 11) is 0. The van der Waals surface area contributed by atoms with Crippen molar-refractivity contribution in [2.24, 2.45) is 0 Å². The van der Waals surface area contributed by atoms with Gasteiger partial charge in [0, 0.05) is 19.5 Å². The highest BCUT2D eigenvalue weighted by atomic mass is 16.5. The summed E-state index contributed by atoms with van der Waals surface area (Å²) < 4.78 is 5.22. The molecule has 1 saturated heterocycles. The Morgan fingerprint density at radius 1 is 1.50 bits per heavy atom. The molecule has 12 heavy (non-hydrogen) atoms. The van der Waals surface area contributed by atoms with Crippen molar-refractivity contribution in [3.05, 3.63) is 0 Å². The molecule has 1 fully saturated rings. The summed E-state index contributed by atoms with van der Waals surface area (Å²) in [6, 6.07) is 0. The molecule has 0 radical (unpaired) electrons. The van der Waals surface area contributed by atoms with Gasteiger partial charge in [0.15, 0.2) is 5.78 Å². The number of ketones is 1. The quantitative estimate of drug-likeness (QED) is 0.688. The van der Waals surface area contributed by atoms with Gasteiger partial charge in [-0.25, -0.2) is 0 Å². The lowest BCUT2D eigenvalue weighted by atomic mass is 10.2. The third-order valence-corrected chi connectivity index (χ3v) is 1.62. The molecule has 0 aliphatic carbocycles. The standard InChI is InChI=1S/C7H13NO2.C2H6/c1-2-6(9)5-10-7-3-8-4-7;1-2/h7-8H,2-5H2,1H3;1-2H3. The van der Waals surface area contributed by atoms with Crippen molar-refractivity contribution < 1.29 is 9.53 Å². The maximum Gasteiger partial charge on any atom is 0.158 e. The third kappa shape index (κ3) is 4.46. The van der Waals surface area contributed by atoms with E-state index >= 15 is 0 Å². The van der Waals surface area contributed by atoms with E-state index in [1.807, 2.05) is 20.8 Å². The number of hydrogen-bond acceptors (Lipinski definition) is 3. The van der Waals surface area contributed by atoms with Crippen molar-refractivity contribution in [3.8, 4) is 0 Å². The second-order valence-corrected chi connectivity index (χ2v) is 2.48. The molecule has 0 amide bonds. The van der Waals surface area contributed by atoms with E-state index in [1.54, 1.807) is 0 Å². The van der Waals surface area contributed by atoms with Crippen molar-refractivity contribution >= 4 is 5.78 Å². The van der Waals surface area contributed by atoms with Crippen LogP contribution in [-0.2, 0) is 9.53 Å². The van der Waals surface area contributed by atoms with E-state index in [0.717, 1.165) is 13.1 Å². The summed E-state index contributed by atoms with van der Waals surface area (Å²) in [4.78, 5) is 10.7. The molecular weight excluding hydrogens is 154 g/mol. The summed E-state index contributed by atoms with van der Waals surface area (Å²) in [5.74, 6) is 0.187. The highest BCUT2D eigenvalue weighted by molar-refractivity contribution is 5.79. The first-order valence-corrected chi connectivity index (χ1v) is 4.67. The number of rotatable bonds is 4. The molecule has 1 rings (SSSR count). The fourth-order valence-corrected chi connectivity index (χ4v) is 0.693. The molecule has 72 valence electrons. The fraction of sp³-hybridized carbons (Fsp3) is 0.889. The maximum absolute atomic E-state index is 10.7. The van der Waals surface area contributed by atoms with Crippen molar-refractivity contribution in [3.63, 3.8) is 0 Å². The van der Waals surface area contributed by atoms with Crippen LogP contribution in [0, 0.1) is 0 Å². The predicted molar refractivity (Wildman–Crippen MR) is 49.3 cm³/mol. The number of carbonyl (C=O) groups is 1. The average Bonchev–Trinajstić information content (AvgIpc) is 2.05. The monoisotopic (exact) mass is 173 g/mol. The molecule has 3 heteroatoms. The molecule has 0 aromatic carbocycles. The largest absolute Gasteiger partial charge is 0.368 e. The molecule has 3 nitrogen and oxygen atoms in total. The molecule has 0 bridgehead atoms. The van der Waals surface area contributed by atoms with E-state index in [-0.39, 0.29) is 11.9 Å². The SMILES string of the molecule is CC.CCC(=O)COC1CNC1. The van der Waals surface area contributed by atoms with E-state index in [2.05, 4.69) is 5.32 Å². The summed E-state index contributed by atoms with van der Waals surface area (Å²) in [5, 5.41) is 3.07. The van der Waals surface area contributed by atoms with Crippen molar-refractivity contribution in [1.82, 2.24) is 5.32 Å². The van der Waals surface area contributed by atoms with Crippen LogP contribution in [-0.4, -0.2) is 31.6 Å². The number of nitrogens with one attached hydrogen (secondary N) is 1. The summed E-state index contributed by atoms with van der Waals surface area (Å²) in [5.41, 5.74) is 0. The van der Waals surface area contributed by atoms with Crippen LogP contribution >= 0.6 is 0 Å².